The molecule has 12 nitrogen and oxygen atoms in total. The molecule has 1 aliphatic heterocycles. The fourth-order valence-corrected chi connectivity index (χ4v) is 2.35. The van der Waals surface area contributed by atoms with Gasteiger partial charge in [0.2, 0.25) is 5.95 Å². The van der Waals surface area contributed by atoms with Crippen molar-refractivity contribution >= 4 is 17.9 Å². The molecule has 0 aromatic carbocycles. The topological polar surface area (TPSA) is 154 Å². The van der Waals surface area contributed by atoms with Gasteiger partial charge in [0.05, 0.1) is 0 Å². The average Bonchev–Trinajstić information content (AvgIpc) is 2.96. The molecule has 0 bridgehead atoms. The average molecular weight is 372 g/mol. The van der Waals surface area contributed by atoms with Gasteiger partial charge in [-0.1, -0.05) is 0 Å². The molecule has 1 saturated heterocycles. The van der Waals surface area contributed by atoms with E-state index in [-0.39, 0.29) is 32.2 Å². The minimum atomic E-state index is -0.811. The summed E-state index contributed by atoms with van der Waals surface area (Å²) in [6, 6.07) is 0. The monoisotopic (exact) mass is 372 g/mol. The second-order valence-electron chi connectivity index (χ2n) is 5.35. The fourth-order valence-electron chi connectivity index (χ4n) is 2.35. The molecule has 2 heterocycles. The Balaban J connectivity index is 2.10. The van der Waals surface area contributed by atoms with Gasteiger partial charge in [-0.25, -0.2) is 19.4 Å². The summed E-state index contributed by atoms with van der Waals surface area (Å²) in [5.41, 5.74) is 4.70. The molecule has 12 heteroatoms. The Hall–Kier alpha value is -2.57. The van der Waals surface area contributed by atoms with Gasteiger partial charge < -0.3 is 29.4 Å². The highest BCUT2D eigenvalue weighted by Crippen LogP contribution is 2.30. The van der Waals surface area contributed by atoms with E-state index in [9.17, 15) is 14.4 Å². The van der Waals surface area contributed by atoms with Crippen molar-refractivity contribution in [1.29, 1.82) is 0 Å². The number of methoxy groups -OCH3 is 2. The van der Waals surface area contributed by atoms with Gasteiger partial charge in [0.1, 0.15) is 44.6 Å². The summed E-state index contributed by atoms with van der Waals surface area (Å²) in [5, 5.41) is 0. The summed E-state index contributed by atoms with van der Waals surface area (Å²) in [4.78, 5) is 42.4. The molecule has 0 spiro atoms. The Morgan fingerprint density at radius 2 is 2.00 bits per heavy atom. The van der Waals surface area contributed by atoms with E-state index in [1.807, 2.05) is 0 Å². The van der Waals surface area contributed by atoms with E-state index >= 15 is 0 Å². The van der Waals surface area contributed by atoms with Crippen molar-refractivity contribution in [2.24, 2.45) is 0 Å². The molecule has 0 amide bonds. The van der Waals surface area contributed by atoms with E-state index in [4.69, 9.17) is 24.7 Å². The predicted octanol–water partition coefficient (Wildman–Crippen LogP) is -1.74. The third-order valence-corrected chi connectivity index (χ3v) is 3.45. The molecule has 1 aliphatic rings. The minimum Gasteiger partial charge on any atom is -0.461 e. The van der Waals surface area contributed by atoms with Crippen LogP contribution in [0.25, 0.3) is 0 Å². The Bertz CT molecular complexity index is 694. The lowest BCUT2D eigenvalue weighted by atomic mass is 10.2. The number of esters is 2. The van der Waals surface area contributed by atoms with E-state index < -0.39 is 36.1 Å². The standard InChI is InChI=1S/C14H20N4O8/c1-22-5-11(19)24-4-9-8(26-12(20)6-23-2)3-10(25-9)18-7-16-13(15)17-14(18)21/h7-10H,3-6H2,1-2H3,(H2,15,17,21)/t8-,9-,10?/m1/s1. The first kappa shape index (κ1) is 19.8. The number of anilines is 1. The molecule has 1 unspecified atom stereocenters. The highest BCUT2D eigenvalue weighted by molar-refractivity contribution is 5.71. The van der Waals surface area contributed by atoms with Crippen molar-refractivity contribution in [2.75, 3.05) is 39.8 Å². The van der Waals surface area contributed by atoms with Gasteiger partial charge in [0, 0.05) is 20.6 Å². The van der Waals surface area contributed by atoms with Crippen LogP contribution >= 0.6 is 0 Å². The van der Waals surface area contributed by atoms with Crippen molar-refractivity contribution in [3.05, 3.63) is 16.8 Å². The molecule has 2 N–H and O–H groups in total. The maximum Gasteiger partial charge on any atom is 0.354 e. The van der Waals surface area contributed by atoms with Crippen LogP contribution in [0.4, 0.5) is 5.95 Å². The third-order valence-electron chi connectivity index (χ3n) is 3.45. The second kappa shape index (κ2) is 9.22. The van der Waals surface area contributed by atoms with Gasteiger partial charge in [0.25, 0.3) is 0 Å². The number of carbonyl (C=O) groups is 2. The fraction of sp³-hybridized carbons (Fsp3) is 0.643. The molecule has 0 aliphatic carbocycles. The summed E-state index contributed by atoms with van der Waals surface area (Å²) >= 11 is 0. The van der Waals surface area contributed by atoms with Crippen molar-refractivity contribution in [1.82, 2.24) is 14.5 Å². The van der Waals surface area contributed by atoms with Crippen LogP contribution in [-0.2, 0) is 33.3 Å². The lowest BCUT2D eigenvalue weighted by Gasteiger charge is -2.18. The van der Waals surface area contributed by atoms with Gasteiger partial charge in [-0.3, -0.25) is 4.57 Å². The number of rotatable bonds is 8. The molecule has 3 atom stereocenters. The van der Waals surface area contributed by atoms with Gasteiger partial charge in [0.15, 0.2) is 0 Å². The smallest absolute Gasteiger partial charge is 0.354 e. The maximum atomic E-state index is 11.9. The molecular formula is C14H20N4O8. The zero-order valence-corrected chi connectivity index (χ0v) is 14.3. The van der Waals surface area contributed by atoms with Gasteiger partial charge in [-0.2, -0.15) is 4.98 Å². The van der Waals surface area contributed by atoms with Crippen LogP contribution in [0.1, 0.15) is 12.6 Å². The maximum absolute atomic E-state index is 11.9. The van der Waals surface area contributed by atoms with Gasteiger partial charge in [-0.05, 0) is 0 Å². The van der Waals surface area contributed by atoms with Crippen LogP contribution in [-0.4, -0.2) is 72.7 Å². The quantitative estimate of drug-likeness (QED) is 0.517. The van der Waals surface area contributed by atoms with Crippen LogP contribution in [0, 0.1) is 0 Å². The molecule has 1 aromatic rings. The molecule has 0 radical (unpaired) electrons. The SMILES string of the molecule is COCC(=O)OC[C@H]1OC(n2cnc(N)nc2=O)C[C@H]1OC(=O)COC. The van der Waals surface area contributed by atoms with Gasteiger partial charge in [-0.15, -0.1) is 0 Å². The number of nitrogens with two attached hydrogens (primary N) is 1. The number of hydrogen-bond acceptors (Lipinski definition) is 11. The Morgan fingerprint density at radius 3 is 2.65 bits per heavy atom. The summed E-state index contributed by atoms with van der Waals surface area (Å²) in [6.45, 7) is -0.661. The van der Waals surface area contributed by atoms with Crippen molar-refractivity contribution in [3.63, 3.8) is 0 Å². The summed E-state index contributed by atoms with van der Waals surface area (Å²) in [6.07, 6.45) is -1.04. The zero-order chi connectivity index (χ0) is 19.1. The van der Waals surface area contributed by atoms with E-state index in [0.717, 1.165) is 4.57 Å². The largest absolute Gasteiger partial charge is 0.461 e. The molecule has 1 aromatic heterocycles. The van der Waals surface area contributed by atoms with Crippen molar-refractivity contribution < 1.29 is 33.3 Å². The number of nitrogens with zero attached hydrogens (tertiary/aromatic N) is 3. The number of ether oxygens (including phenoxy) is 5. The highest BCUT2D eigenvalue weighted by Gasteiger charge is 2.40. The molecule has 144 valence electrons. The molecule has 2 rings (SSSR count). The van der Waals surface area contributed by atoms with E-state index in [0.29, 0.717) is 0 Å². The number of hydrogen-bond donors (Lipinski definition) is 1. The molecule has 26 heavy (non-hydrogen) atoms. The summed E-state index contributed by atoms with van der Waals surface area (Å²) in [7, 11) is 2.71. The number of carbonyl (C=O) groups excluding carboxylic acids is 2. The van der Waals surface area contributed by atoms with E-state index in [1.165, 1.54) is 20.5 Å². The number of nitrogen functional groups attached to an aromatic ring is 1. The van der Waals surface area contributed by atoms with Crippen LogP contribution in [0.3, 0.4) is 0 Å². The van der Waals surface area contributed by atoms with Crippen LogP contribution in [0.5, 0.6) is 0 Å². The normalized spacial score (nSPS) is 22.2. The Labute approximate surface area is 148 Å². The second-order valence-corrected chi connectivity index (χ2v) is 5.35. The van der Waals surface area contributed by atoms with Gasteiger partial charge >= 0.3 is 17.6 Å². The summed E-state index contributed by atoms with van der Waals surface area (Å²) < 4.78 is 26.5. The minimum absolute atomic E-state index is 0.134. The molecule has 1 fully saturated rings. The van der Waals surface area contributed by atoms with Crippen LogP contribution < -0.4 is 11.4 Å². The van der Waals surface area contributed by atoms with E-state index in [1.54, 1.807) is 0 Å². The highest BCUT2D eigenvalue weighted by atomic mass is 16.6. The van der Waals surface area contributed by atoms with Crippen molar-refractivity contribution in [3.8, 4) is 0 Å². The zero-order valence-electron chi connectivity index (χ0n) is 14.3. The lowest BCUT2D eigenvalue weighted by Crippen LogP contribution is -2.33. The molecular weight excluding hydrogens is 352 g/mol. The number of aromatic nitrogens is 3. The first-order valence-electron chi connectivity index (χ1n) is 7.63. The Morgan fingerprint density at radius 1 is 1.31 bits per heavy atom. The van der Waals surface area contributed by atoms with Crippen molar-refractivity contribution in [2.45, 2.75) is 24.9 Å². The van der Waals surface area contributed by atoms with E-state index in [2.05, 4.69) is 14.7 Å². The first-order chi connectivity index (χ1) is 12.4. The predicted molar refractivity (Wildman–Crippen MR) is 83.8 cm³/mol. The van der Waals surface area contributed by atoms with Crippen LogP contribution in [0.15, 0.2) is 11.1 Å². The molecule has 0 saturated carbocycles. The Kier molecular flexibility index (Phi) is 7.00. The first-order valence-corrected chi connectivity index (χ1v) is 7.63. The summed E-state index contributed by atoms with van der Waals surface area (Å²) in [5.74, 6) is -1.39. The lowest BCUT2D eigenvalue weighted by molar-refractivity contribution is -0.162. The van der Waals surface area contributed by atoms with Crippen LogP contribution in [0.2, 0.25) is 0 Å². The third kappa shape index (κ3) is 5.21.